The minimum absolute atomic E-state index is 0.205. The molecule has 0 saturated heterocycles. The third-order valence-corrected chi connectivity index (χ3v) is 2.79. The Labute approximate surface area is 116 Å². The predicted molar refractivity (Wildman–Crippen MR) is 69.7 cm³/mol. The normalized spacial score (nSPS) is 10.0. The van der Waals surface area contributed by atoms with Crippen LogP contribution in [0.1, 0.15) is 5.56 Å². The lowest BCUT2D eigenvalue weighted by Crippen LogP contribution is -1.95. The van der Waals surface area contributed by atoms with Crippen molar-refractivity contribution in [3.05, 3.63) is 52.0 Å². The molecule has 3 nitrogen and oxygen atoms in total. The average molecular weight is 325 g/mol. The van der Waals surface area contributed by atoms with E-state index in [9.17, 15) is 8.78 Å². The van der Waals surface area contributed by atoms with Crippen molar-refractivity contribution < 1.29 is 13.5 Å². The summed E-state index contributed by atoms with van der Waals surface area (Å²) in [5.41, 5.74) is 6.09. The lowest BCUT2D eigenvalue weighted by Gasteiger charge is -2.09. The largest absolute Gasteiger partial charge is 0.454 e. The van der Waals surface area contributed by atoms with Gasteiger partial charge in [-0.25, -0.2) is 4.39 Å². The first-order chi connectivity index (χ1) is 9.01. The van der Waals surface area contributed by atoms with Gasteiger partial charge in [0.25, 0.3) is 0 Å². The van der Waals surface area contributed by atoms with E-state index in [4.69, 9.17) is 15.7 Å². The topological polar surface area (TPSA) is 59.0 Å². The highest BCUT2D eigenvalue weighted by molar-refractivity contribution is 9.10. The Balaban J connectivity index is 2.37. The van der Waals surface area contributed by atoms with E-state index >= 15 is 0 Å². The van der Waals surface area contributed by atoms with Gasteiger partial charge in [0, 0.05) is 10.5 Å². The minimum atomic E-state index is -1.09. The smallest absolute Gasteiger partial charge is 0.201 e. The Morgan fingerprint density at radius 2 is 1.95 bits per heavy atom. The summed E-state index contributed by atoms with van der Waals surface area (Å²) in [7, 11) is 0. The van der Waals surface area contributed by atoms with Crippen molar-refractivity contribution in [3.63, 3.8) is 0 Å². The maximum absolute atomic E-state index is 13.5. The van der Waals surface area contributed by atoms with E-state index in [0.29, 0.717) is 4.47 Å². The number of nitrogens with two attached hydrogens (primary N) is 1. The molecule has 0 unspecified atom stereocenters. The molecule has 6 heteroatoms. The van der Waals surface area contributed by atoms with Gasteiger partial charge in [-0.05, 0) is 24.3 Å². The van der Waals surface area contributed by atoms with Crippen molar-refractivity contribution in [2.24, 2.45) is 0 Å². The standard InChI is InChI=1S/C13H7BrF2N2O/c14-8-3-10(15)13(16)12(4-8)19-9-2-1-7(6-17)11(18)5-9/h1-5H,18H2. The van der Waals surface area contributed by atoms with Gasteiger partial charge in [0.2, 0.25) is 5.82 Å². The van der Waals surface area contributed by atoms with Crippen LogP contribution in [-0.4, -0.2) is 0 Å². The van der Waals surface area contributed by atoms with Gasteiger partial charge in [-0.2, -0.15) is 9.65 Å². The second-order valence-corrected chi connectivity index (χ2v) is 4.58. The van der Waals surface area contributed by atoms with Crippen LogP contribution in [0.2, 0.25) is 0 Å². The zero-order valence-corrected chi connectivity index (χ0v) is 11.0. The molecule has 0 atom stereocenters. The fraction of sp³-hybridized carbons (Fsp3) is 0. The molecule has 2 rings (SSSR count). The quantitative estimate of drug-likeness (QED) is 0.671. The van der Waals surface area contributed by atoms with Crippen LogP contribution < -0.4 is 10.5 Å². The van der Waals surface area contributed by atoms with Crippen LogP contribution in [0.15, 0.2) is 34.8 Å². The van der Waals surface area contributed by atoms with Gasteiger partial charge in [0.1, 0.15) is 11.8 Å². The maximum Gasteiger partial charge on any atom is 0.201 e. The predicted octanol–water partition coefficient (Wildman–Crippen LogP) is 3.97. The number of nitrogens with zero attached hydrogens (tertiary/aromatic N) is 1. The van der Waals surface area contributed by atoms with E-state index in [1.807, 2.05) is 6.07 Å². The molecule has 2 aromatic carbocycles. The molecule has 0 aromatic heterocycles. The van der Waals surface area contributed by atoms with Crippen molar-refractivity contribution in [1.82, 2.24) is 0 Å². The summed E-state index contributed by atoms with van der Waals surface area (Å²) < 4.78 is 32.3. The number of nitrogen functional groups attached to an aromatic ring is 1. The summed E-state index contributed by atoms with van der Waals surface area (Å²) in [6.07, 6.45) is 0. The summed E-state index contributed by atoms with van der Waals surface area (Å²) >= 11 is 3.04. The van der Waals surface area contributed by atoms with Crippen LogP contribution in [-0.2, 0) is 0 Å². The maximum atomic E-state index is 13.5. The lowest BCUT2D eigenvalue weighted by atomic mass is 10.2. The molecule has 96 valence electrons. The fourth-order valence-electron chi connectivity index (χ4n) is 1.44. The number of benzene rings is 2. The third-order valence-electron chi connectivity index (χ3n) is 2.33. The lowest BCUT2D eigenvalue weighted by molar-refractivity contribution is 0.415. The molecule has 0 spiro atoms. The van der Waals surface area contributed by atoms with E-state index in [1.165, 1.54) is 24.3 Å². The summed E-state index contributed by atoms with van der Waals surface area (Å²) in [5, 5.41) is 8.73. The number of anilines is 1. The molecule has 2 N–H and O–H groups in total. The van der Waals surface area contributed by atoms with Crippen LogP contribution in [0.5, 0.6) is 11.5 Å². The van der Waals surface area contributed by atoms with Crippen LogP contribution in [0, 0.1) is 23.0 Å². The van der Waals surface area contributed by atoms with Gasteiger partial charge in [0.05, 0.1) is 11.3 Å². The number of ether oxygens (including phenoxy) is 1. The minimum Gasteiger partial charge on any atom is -0.454 e. The molecule has 0 bridgehead atoms. The van der Waals surface area contributed by atoms with E-state index in [1.54, 1.807) is 0 Å². The molecule has 0 fully saturated rings. The first-order valence-corrected chi connectivity index (χ1v) is 5.92. The van der Waals surface area contributed by atoms with Crippen molar-refractivity contribution in [3.8, 4) is 17.6 Å². The SMILES string of the molecule is N#Cc1ccc(Oc2cc(Br)cc(F)c2F)cc1N. The van der Waals surface area contributed by atoms with Gasteiger partial charge >= 0.3 is 0 Å². The zero-order valence-electron chi connectivity index (χ0n) is 9.45. The Hall–Kier alpha value is -2.13. The molecule has 0 aliphatic carbocycles. The Kier molecular flexibility index (Phi) is 3.67. The van der Waals surface area contributed by atoms with Crippen LogP contribution in [0.25, 0.3) is 0 Å². The highest BCUT2D eigenvalue weighted by Crippen LogP contribution is 2.30. The van der Waals surface area contributed by atoms with Gasteiger partial charge < -0.3 is 10.5 Å². The third kappa shape index (κ3) is 2.83. The molecule has 0 aliphatic heterocycles. The second-order valence-electron chi connectivity index (χ2n) is 3.66. The molecule has 0 radical (unpaired) electrons. The zero-order chi connectivity index (χ0) is 14.0. The molecule has 19 heavy (non-hydrogen) atoms. The number of hydrogen-bond donors (Lipinski definition) is 1. The summed E-state index contributed by atoms with van der Waals surface area (Å²) in [4.78, 5) is 0. The van der Waals surface area contributed by atoms with Crippen molar-refractivity contribution in [2.45, 2.75) is 0 Å². The Bertz CT molecular complexity index is 683. The molecular weight excluding hydrogens is 318 g/mol. The summed E-state index contributed by atoms with van der Waals surface area (Å²) in [6.45, 7) is 0. The van der Waals surface area contributed by atoms with Gasteiger partial charge in [0.15, 0.2) is 11.6 Å². The van der Waals surface area contributed by atoms with E-state index in [2.05, 4.69) is 15.9 Å². The molecule has 0 amide bonds. The highest BCUT2D eigenvalue weighted by atomic mass is 79.9. The van der Waals surface area contributed by atoms with Crippen LogP contribution >= 0.6 is 15.9 Å². The van der Waals surface area contributed by atoms with Crippen molar-refractivity contribution >= 4 is 21.6 Å². The summed E-state index contributed by atoms with van der Waals surface area (Å²) in [5.74, 6) is -2.17. The molecule has 0 saturated carbocycles. The van der Waals surface area contributed by atoms with E-state index < -0.39 is 11.6 Å². The number of rotatable bonds is 2. The monoisotopic (exact) mass is 324 g/mol. The second kappa shape index (κ2) is 5.24. The van der Waals surface area contributed by atoms with E-state index in [0.717, 1.165) is 6.07 Å². The Morgan fingerprint density at radius 3 is 2.58 bits per heavy atom. The van der Waals surface area contributed by atoms with Gasteiger partial charge in [-0.1, -0.05) is 15.9 Å². The van der Waals surface area contributed by atoms with Gasteiger partial charge in [-0.15, -0.1) is 0 Å². The van der Waals surface area contributed by atoms with Gasteiger partial charge in [-0.3, -0.25) is 0 Å². The number of halogens is 3. The van der Waals surface area contributed by atoms with Crippen LogP contribution in [0.3, 0.4) is 0 Å². The first kappa shape index (κ1) is 13.3. The summed E-state index contributed by atoms with van der Waals surface area (Å²) in [6, 6.07) is 8.45. The number of hydrogen-bond acceptors (Lipinski definition) is 3. The number of nitriles is 1. The molecule has 2 aromatic rings. The fourth-order valence-corrected chi connectivity index (χ4v) is 1.85. The molecule has 0 aliphatic rings. The average Bonchev–Trinajstić information content (AvgIpc) is 2.35. The van der Waals surface area contributed by atoms with Crippen LogP contribution in [0.4, 0.5) is 14.5 Å². The highest BCUT2D eigenvalue weighted by Gasteiger charge is 2.12. The first-order valence-electron chi connectivity index (χ1n) is 5.13. The molecular formula is C13H7BrF2N2O. The van der Waals surface area contributed by atoms with Crippen molar-refractivity contribution in [2.75, 3.05) is 5.73 Å². The van der Waals surface area contributed by atoms with Crippen molar-refractivity contribution in [1.29, 1.82) is 5.26 Å². The Morgan fingerprint density at radius 1 is 1.21 bits per heavy atom. The molecule has 0 heterocycles. The van der Waals surface area contributed by atoms with E-state index in [-0.39, 0.29) is 22.7 Å².